The van der Waals surface area contributed by atoms with E-state index in [2.05, 4.69) is 39.8 Å². The van der Waals surface area contributed by atoms with Gasteiger partial charge in [-0.2, -0.15) is 0 Å². The van der Waals surface area contributed by atoms with E-state index < -0.39 is 0 Å². The van der Waals surface area contributed by atoms with Gasteiger partial charge in [-0.3, -0.25) is 0 Å². The van der Waals surface area contributed by atoms with Crippen molar-refractivity contribution in [3.63, 3.8) is 0 Å². The highest BCUT2D eigenvalue weighted by Gasteiger charge is 2.07. The zero-order chi connectivity index (χ0) is 11.6. The van der Waals surface area contributed by atoms with Gasteiger partial charge in [0.25, 0.3) is 0 Å². The van der Waals surface area contributed by atoms with Gasteiger partial charge >= 0.3 is 0 Å². The van der Waals surface area contributed by atoms with Crippen LogP contribution >= 0.6 is 0 Å². The van der Waals surface area contributed by atoms with Crippen molar-refractivity contribution in [2.45, 2.75) is 79.1 Å². The molecule has 0 spiro atoms. The molecular formula is C15H30. The van der Waals surface area contributed by atoms with Crippen LogP contribution in [-0.2, 0) is 0 Å². The third-order valence-electron chi connectivity index (χ3n) is 2.69. The molecule has 90 valence electrons. The lowest BCUT2D eigenvalue weighted by Crippen LogP contribution is -2.03. The van der Waals surface area contributed by atoms with Crippen LogP contribution in [0.4, 0.5) is 0 Å². The first-order valence-corrected chi connectivity index (χ1v) is 6.71. The molecule has 0 unspecified atom stereocenters. The van der Waals surface area contributed by atoms with E-state index in [0.29, 0.717) is 5.41 Å². The minimum Gasteiger partial charge on any atom is -0.0885 e. The van der Waals surface area contributed by atoms with Gasteiger partial charge in [-0.25, -0.2) is 0 Å². The molecule has 0 aliphatic heterocycles. The molecule has 0 heteroatoms. The number of rotatable bonds is 8. The van der Waals surface area contributed by atoms with E-state index in [0.717, 1.165) is 0 Å². The third-order valence-corrected chi connectivity index (χ3v) is 2.69. The lowest BCUT2D eigenvalue weighted by Gasteiger charge is -2.16. The summed E-state index contributed by atoms with van der Waals surface area (Å²) >= 11 is 0. The molecule has 0 saturated carbocycles. The molecule has 0 amide bonds. The van der Waals surface area contributed by atoms with Gasteiger partial charge in [0.1, 0.15) is 0 Å². The molecule has 0 heterocycles. The summed E-state index contributed by atoms with van der Waals surface area (Å²) in [5.74, 6) is 0. The molecule has 0 nitrogen and oxygen atoms in total. The maximum atomic E-state index is 2.37. The fraction of sp³-hybridized carbons (Fsp3) is 0.867. The van der Waals surface area contributed by atoms with Crippen molar-refractivity contribution < 1.29 is 0 Å². The van der Waals surface area contributed by atoms with Crippen molar-refractivity contribution in [3.8, 4) is 0 Å². The highest BCUT2D eigenvalue weighted by atomic mass is 14.1. The molecule has 0 fully saturated rings. The molecule has 0 bridgehead atoms. The average molecular weight is 210 g/mol. The standard InChI is InChI=1S/C15H30/c1-5-6-7-8-9-10-11-12-13-14-15(2,3)4/h10-11H,5-9,12-14H2,1-4H3. The first-order chi connectivity index (χ1) is 7.06. The number of hydrogen-bond acceptors (Lipinski definition) is 0. The van der Waals surface area contributed by atoms with Gasteiger partial charge in [-0.1, -0.05) is 59.1 Å². The molecule has 0 saturated heterocycles. The maximum absolute atomic E-state index is 2.37. The van der Waals surface area contributed by atoms with E-state index >= 15 is 0 Å². The van der Waals surface area contributed by atoms with E-state index in [1.807, 2.05) is 0 Å². The Labute approximate surface area is 97.2 Å². The van der Waals surface area contributed by atoms with Crippen molar-refractivity contribution in [1.29, 1.82) is 0 Å². The van der Waals surface area contributed by atoms with Gasteiger partial charge in [0.2, 0.25) is 0 Å². The molecule has 0 atom stereocenters. The van der Waals surface area contributed by atoms with Gasteiger partial charge in [0.05, 0.1) is 0 Å². The zero-order valence-corrected chi connectivity index (χ0v) is 11.3. The van der Waals surface area contributed by atoms with Gasteiger partial charge in [-0.05, 0) is 37.5 Å². The van der Waals surface area contributed by atoms with E-state index in [9.17, 15) is 0 Å². The van der Waals surface area contributed by atoms with Crippen LogP contribution in [0.2, 0.25) is 0 Å². The molecule has 0 aliphatic rings. The molecular weight excluding hydrogens is 180 g/mol. The summed E-state index contributed by atoms with van der Waals surface area (Å²) in [5, 5.41) is 0. The Kier molecular flexibility index (Phi) is 8.85. The summed E-state index contributed by atoms with van der Waals surface area (Å²) in [5.41, 5.74) is 0.509. The van der Waals surface area contributed by atoms with Crippen LogP contribution in [0.25, 0.3) is 0 Å². The van der Waals surface area contributed by atoms with Gasteiger partial charge < -0.3 is 0 Å². The minimum absolute atomic E-state index is 0.509. The van der Waals surface area contributed by atoms with Crippen molar-refractivity contribution in [2.75, 3.05) is 0 Å². The largest absolute Gasteiger partial charge is 0.0885 e. The van der Waals surface area contributed by atoms with Crippen LogP contribution < -0.4 is 0 Å². The van der Waals surface area contributed by atoms with Crippen LogP contribution in [0.3, 0.4) is 0 Å². The Morgan fingerprint density at radius 2 is 1.40 bits per heavy atom. The lowest BCUT2D eigenvalue weighted by molar-refractivity contribution is 0.367. The highest BCUT2D eigenvalue weighted by molar-refractivity contribution is 4.81. The maximum Gasteiger partial charge on any atom is -0.0351 e. The Morgan fingerprint density at radius 3 is 1.93 bits per heavy atom. The van der Waals surface area contributed by atoms with Crippen LogP contribution in [0.5, 0.6) is 0 Å². The SMILES string of the molecule is CCCCCCC=CCCCC(C)(C)C. The second kappa shape index (κ2) is 9.00. The molecule has 0 aromatic carbocycles. The Bertz CT molecular complexity index is 148. The summed E-state index contributed by atoms with van der Waals surface area (Å²) in [6.07, 6.45) is 15.5. The molecule has 0 aromatic heterocycles. The quantitative estimate of drug-likeness (QED) is 0.354. The number of allylic oxidation sites excluding steroid dienone is 2. The Morgan fingerprint density at radius 1 is 0.800 bits per heavy atom. The minimum atomic E-state index is 0.509. The monoisotopic (exact) mass is 210 g/mol. The zero-order valence-electron chi connectivity index (χ0n) is 11.3. The molecule has 0 aromatic rings. The second-order valence-electron chi connectivity index (χ2n) is 5.77. The second-order valence-corrected chi connectivity index (χ2v) is 5.77. The van der Waals surface area contributed by atoms with E-state index in [1.165, 1.54) is 51.4 Å². The van der Waals surface area contributed by atoms with Crippen LogP contribution in [0.15, 0.2) is 12.2 Å². The van der Waals surface area contributed by atoms with Gasteiger partial charge in [0.15, 0.2) is 0 Å². The van der Waals surface area contributed by atoms with E-state index in [1.54, 1.807) is 0 Å². The molecule has 0 N–H and O–H groups in total. The first kappa shape index (κ1) is 14.7. The van der Waals surface area contributed by atoms with Gasteiger partial charge in [0, 0.05) is 0 Å². The topological polar surface area (TPSA) is 0 Å². The summed E-state index contributed by atoms with van der Waals surface area (Å²) in [4.78, 5) is 0. The predicted molar refractivity (Wildman–Crippen MR) is 71.2 cm³/mol. The fourth-order valence-corrected chi connectivity index (χ4v) is 1.67. The smallest absolute Gasteiger partial charge is 0.0351 e. The molecule has 15 heavy (non-hydrogen) atoms. The van der Waals surface area contributed by atoms with Crippen LogP contribution in [-0.4, -0.2) is 0 Å². The summed E-state index contributed by atoms with van der Waals surface area (Å²) in [7, 11) is 0. The first-order valence-electron chi connectivity index (χ1n) is 6.71. The van der Waals surface area contributed by atoms with Crippen molar-refractivity contribution in [1.82, 2.24) is 0 Å². The number of hydrogen-bond donors (Lipinski definition) is 0. The normalized spacial score (nSPS) is 12.5. The molecule has 0 rings (SSSR count). The van der Waals surface area contributed by atoms with Crippen molar-refractivity contribution in [2.24, 2.45) is 5.41 Å². The lowest BCUT2D eigenvalue weighted by atomic mass is 9.90. The molecule has 0 aliphatic carbocycles. The van der Waals surface area contributed by atoms with Crippen molar-refractivity contribution in [3.05, 3.63) is 12.2 Å². The fourth-order valence-electron chi connectivity index (χ4n) is 1.67. The van der Waals surface area contributed by atoms with Crippen molar-refractivity contribution >= 4 is 0 Å². The Balaban J connectivity index is 3.18. The summed E-state index contributed by atoms with van der Waals surface area (Å²) in [6.45, 7) is 9.23. The molecule has 0 radical (unpaired) electrons. The van der Waals surface area contributed by atoms with E-state index in [4.69, 9.17) is 0 Å². The average Bonchev–Trinajstić information content (AvgIpc) is 2.14. The third kappa shape index (κ3) is 13.7. The number of unbranched alkanes of at least 4 members (excludes halogenated alkanes) is 5. The highest BCUT2D eigenvalue weighted by Crippen LogP contribution is 2.21. The Hall–Kier alpha value is -0.260. The summed E-state index contributed by atoms with van der Waals surface area (Å²) in [6, 6.07) is 0. The summed E-state index contributed by atoms with van der Waals surface area (Å²) < 4.78 is 0. The van der Waals surface area contributed by atoms with E-state index in [-0.39, 0.29) is 0 Å². The van der Waals surface area contributed by atoms with Crippen LogP contribution in [0, 0.1) is 5.41 Å². The van der Waals surface area contributed by atoms with Crippen LogP contribution in [0.1, 0.15) is 79.1 Å². The predicted octanol–water partition coefficient (Wildman–Crippen LogP) is 5.73. The van der Waals surface area contributed by atoms with Gasteiger partial charge in [-0.15, -0.1) is 0 Å².